The Morgan fingerprint density at radius 2 is 2.08 bits per heavy atom. The second-order valence-corrected chi connectivity index (χ2v) is 7.60. The first-order valence-electron chi connectivity index (χ1n) is 8.70. The largest absolute Gasteiger partial charge is 0.492 e. The summed E-state index contributed by atoms with van der Waals surface area (Å²) in [6.07, 6.45) is 1.86. The SMILES string of the molecule is NCc1nc(C(=O)NC2CCN(CCOc3ccc(Cl)cc3)CC2)cs1. The highest BCUT2D eigenvalue weighted by atomic mass is 35.5. The minimum absolute atomic E-state index is 0.106. The molecule has 140 valence electrons. The molecule has 1 aliphatic rings. The van der Waals surface area contributed by atoms with E-state index in [2.05, 4.69) is 15.2 Å². The maximum absolute atomic E-state index is 12.2. The molecule has 8 heteroatoms. The van der Waals surface area contributed by atoms with Crippen molar-refractivity contribution in [2.45, 2.75) is 25.4 Å². The highest BCUT2D eigenvalue weighted by Crippen LogP contribution is 2.16. The molecule has 0 spiro atoms. The molecule has 1 saturated heterocycles. The highest BCUT2D eigenvalue weighted by molar-refractivity contribution is 7.09. The Kier molecular flexibility index (Phi) is 6.85. The van der Waals surface area contributed by atoms with Gasteiger partial charge >= 0.3 is 0 Å². The summed E-state index contributed by atoms with van der Waals surface area (Å²) >= 11 is 7.28. The maximum Gasteiger partial charge on any atom is 0.270 e. The van der Waals surface area contributed by atoms with Gasteiger partial charge in [0.2, 0.25) is 0 Å². The third-order valence-corrected chi connectivity index (χ3v) is 5.49. The predicted molar refractivity (Wildman–Crippen MR) is 104 cm³/mol. The number of ether oxygens (including phenoxy) is 1. The van der Waals surface area contributed by atoms with Gasteiger partial charge in [0.1, 0.15) is 23.1 Å². The minimum atomic E-state index is -0.106. The standard InChI is InChI=1S/C18H23ClN4O2S/c19-13-1-3-15(4-2-13)25-10-9-23-7-5-14(6-8-23)21-18(24)16-12-26-17(11-20)22-16/h1-4,12,14H,5-11,20H2,(H,21,24). The van der Waals surface area contributed by atoms with Crippen molar-refractivity contribution in [1.29, 1.82) is 0 Å². The number of nitrogens with one attached hydrogen (secondary N) is 1. The number of piperidine rings is 1. The van der Waals surface area contributed by atoms with Gasteiger partial charge in [-0.3, -0.25) is 9.69 Å². The number of hydrogen-bond acceptors (Lipinski definition) is 6. The lowest BCUT2D eigenvalue weighted by Crippen LogP contribution is -2.45. The fourth-order valence-electron chi connectivity index (χ4n) is 2.89. The monoisotopic (exact) mass is 394 g/mol. The van der Waals surface area contributed by atoms with Crippen molar-refractivity contribution < 1.29 is 9.53 Å². The third kappa shape index (κ3) is 5.41. The Hall–Kier alpha value is -1.67. The fraction of sp³-hybridized carbons (Fsp3) is 0.444. The van der Waals surface area contributed by atoms with Gasteiger partial charge in [-0.15, -0.1) is 11.3 Å². The van der Waals surface area contributed by atoms with Gasteiger partial charge in [0.25, 0.3) is 5.91 Å². The van der Waals surface area contributed by atoms with Crippen molar-refractivity contribution in [3.8, 4) is 5.75 Å². The number of halogens is 1. The number of hydrogen-bond donors (Lipinski definition) is 2. The van der Waals surface area contributed by atoms with Gasteiger partial charge < -0.3 is 15.8 Å². The molecule has 3 rings (SSSR count). The summed E-state index contributed by atoms with van der Waals surface area (Å²) in [4.78, 5) is 18.8. The summed E-state index contributed by atoms with van der Waals surface area (Å²) in [5, 5.41) is 6.33. The second kappa shape index (κ2) is 9.32. The van der Waals surface area contributed by atoms with Crippen molar-refractivity contribution in [2.24, 2.45) is 5.73 Å². The van der Waals surface area contributed by atoms with Crippen LogP contribution in [0.3, 0.4) is 0 Å². The normalized spacial score (nSPS) is 15.8. The predicted octanol–water partition coefficient (Wildman–Crippen LogP) is 2.53. The van der Waals surface area contributed by atoms with Gasteiger partial charge in [-0.2, -0.15) is 0 Å². The highest BCUT2D eigenvalue weighted by Gasteiger charge is 2.22. The number of thiazole rings is 1. The lowest BCUT2D eigenvalue weighted by Gasteiger charge is -2.32. The first-order chi connectivity index (χ1) is 12.6. The summed E-state index contributed by atoms with van der Waals surface area (Å²) < 4.78 is 5.74. The fourth-order valence-corrected chi connectivity index (χ4v) is 3.67. The average Bonchev–Trinajstić information content (AvgIpc) is 3.14. The Morgan fingerprint density at radius 1 is 1.35 bits per heavy atom. The van der Waals surface area contributed by atoms with Crippen LogP contribution in [-0.4, -0.2) is 48.1 Å². The molecule has 2 heterocycles. The number of aromatic nitrogens is 1. The van der Waals surface area contributed by atoms with Gasteiger partial charge in [0.15, 0.2) is 0 Å². The van der Waals surface area contributed by atoms with Crippen molar-refractivity contribution >= 4 is 28.8 Å². The van der Waals surface area contributed by atoms with Crippen LogP contribution in [0.2, 0.25) is 5.02 Å². The van der Waals surface area contributed by atoms with E-state index < -0.39 is 0 Å². The molecule has 26 heavy (non-hydrogen) atoms. The number of benzene rings is 1. The van der Waals surface area contributed by atoms with Gasteiger partial charge in [-0.1, -0.05) is 11.6 Å². The number of carbonyl (C=O) groups excluding carboxylic acids is 1. The Morgan fingerprint density at radius 3 is 2.73 bits per heavy atom. The summed E-state index contributed by atoms with van der Waals surface area (Å²) in [7, 11) is 0. The molecular weight excluding hydrogens is 372 g/mol. The zero-order chi connectivity index (χ0) is 18.4. The van der Waals surface area contributed by atoms with Crippen LogP contribution >= 0.6 is 22.9 Å². The average molecular weight is 395 g/mol. The Bertz CT molecular complexity index is 714. The smallest absolute Gasteiger partial charge is 0.270 e. The number of likely N-dealkylation sites (tertiary alicyclic amines) is 1. The van der Waals surface area contributed by atoms with E-state index in [0.717, 1.165) is 43.2 Å². The molecule has 1 fully saturated rings. The Balaban J connectivity index is 1.36. The van der Waals surface area contributed by atoms with Crippen LogP contribution in [0.25, 0.3) is 0 Å². The quantitative estimate of drug-likeness (QED) is 0.754. The molecule has 0 bridgehead atoms. The van der Waals surface area contributed by atoms with Crippen LogP contribution in [-0.2, 0) is 6.54 Å². The summed E-state index contributed by atoms with van der Waals surface area (Å²) in [5.74, 6) is 0.724. The molecule has 2 aromatic rings. The molecule has 1 aromatic heterocycles. The van der Waals surface area contributed by atoms with E-state index in [1.165, 1.54) is 11.3 Å². The molecule has 6 nitrogen and oxygen atoms in total. The second-order valence-electron chi connectivity index (χ2n) is 6.22. The number of rotatable bonds is 7. The van der Waals surface area contributed by atoms with E-state index >= 15 is 0 Å². The number of nitrogens with two attached hydrogens (primary N) is 1. The molecule has 0 saturated carbocycles. The zero-order valence-corrected chi connectivity index (χ0v) is 16.1. The number of carbonyl (C=O) groups is 1. The first-order valence-corrected chi connectivity index (χ1v) is 9.96. The van der Waals surface area contributed by atoms with E-state index in [-0.39, 0.29) is 11.9 Å². The van der Waals surface area contributed by atoms with E-state index in [4.69, 9.17) is 22.1 Å². The lowest BCUT2D eigenvalue weighted by molar-refractivity contribution is 0.0901. The summed E-state index contributed by atoms with van der Waals surface area (Å²) in [6, 6.07) is 7.59. The summed E-state index contributed by atoms with van der Waals surface area (Å²) in [5.41, 5.74) is 6.01. The van der Waals surface area contributed by atoms with Crippen LogP contribution in [0.1, 0.15) is 28.3 Å². The van der Waals surface area contributed by atoms with Gasteiger partial charge in [0.05, 0.1) is 0 Å². The van der Waals surface area contributed by atoms with Crippen molar-refractivity contribution in [1.82, 2.24) is 15.2 Å². The lowest BCUT2D eigenvalue weighted by atomic mass is 10.0. The minimum Gasteiger partial charge on any atom is -0.492 e. The number of nitrogens with zero attached hydrogens (tertiary/aromatic N) is 2. The van der Waals surface area contributed by atoms with E-state index in [9.17, 15) is 4.79 Å². The van der Waals surface area contributed by atoms with Crippen molar-refractivity contribution in [2.75, 3.05) is 26.2 Å². The first kappa shape index (κ1) is 19.1. The number of amides is 1. The molecule has 0 radical (unpaired) electrons. The molecule has 1 aromatic carbocycles. The molecule has 3 N–H and O–H groups in total. The molecule has 1 amide bonds. The van der Waals surface area contributed by atoms with E-state index in [1.54, 1.807) is 5.38 Å². The maximum atomic E-state index is 12.2. The molecule has 0 unspecified atom stereocenters. The molecule has 0 atom stereocenters. The zero-order valence-electron chi connectivity index (χ0n) is 14.5. The summed E-state index contributed by atoms with van der Waals surface area (Å²) in [6.45, 7) is 3.77. The van der Waals surface area contributed by atoms with Crippen molar-refractivity contribution in [3.05, 3.63) is 45.4 Å². The van der Waals surface area contributed by atoms with Crippen molar-refractivity contribution in [3.63, 3.8) is 0 Å². The third-order valence-electron chi connectivity index (χ3n) is 4.37. The van der Waals surface area contributed by atoms with Crippen LogP contribution in [0, 0.1) is 0 Å². The van der Waals surface area contributed by atoms with Gasteiger partial charge in [0, 0.05) is 42.6 Å². The van der Waals surface area contributed by atoms with Crippen LogP contribution in [0.15, 0.2) is 29.6 Å². The van der Waals surface area contributed by atoms with E-state index in [0.29, 0.717) is 23.9 Å². The molecule has 0 aliphatic carbocycles. The van der Waals surface area contributed by atoms with Crippen LogP contribution in [0.5, 0.6) is 5.75 Å². The molecular formula is C18H23ClN4O2S. The Labute approximate surface area is 162 Å². The molecule has 1 aliphatic heterocycles. The topological polar surface area (TPSA) is 80.5 Å². The van der Waals surface area contributed by atoms with Crippen LogP contribution in [0.4, 0.5) is 0 Å². The van der Waals surface area contributed by atoms with Gasteiger partial charge in [-0.05, 0) is 37.1 Å². The van der Waals surface area contributed by atoms with Crippen LogP contribution < -0.4 is 15.8 Å². The van der Waals surface area contributed by atoms with E-state index in [1.807, 2.05) is 24.3 Å². The van der Waals surface area contributed by atoms with Gasteiger partial charge in [-0.25, -0.2) is 4.98 Å².